The van der Waals surface area contributed by atoms with Gasteiger partial charge in [-0.2, -0.15) is 0 Å². The standard InChI is InChI=1S/C25H41N5O2.HI/c1-2-26-25(28-22-10-11-30(20-22)23-7-3-4-8-23)27-19-21-6-5-9-24(18-21)32-17-14-29-12-15-31-16-13-29;/h5-6,9,18,22-23H,2-4,7-8,10-17,19-20H2,1H3,(H2,26,27,28);1H. The number of rotatable bonds is 9. The minimum atomic E-state index is 0. The minimum Gasteiger partial charge on any atom is -0.492 e. The van der Waals surface area contributed by atoms with E-state index in [0.717, 1.165) is 63.7 Å². The molecule has 2 N–H and O–H groups in total. The molecule has 4 rings (SSSR count). The zero-order valence-electron chi connectivity index (χ0n) is 20.1. The molecule has 1 unspecified atom stereocenters. The Hall–Kier alpha value is -1.10. The number of halogens is 1. The van der Waals surface area contributed by atoms with Gasteiger partial charge < -0.3 is 20.1 Å². The first kappa shape index (κ1) is 26.5. The predicted molar refractivity (Wildman–Crippen MR) is 145 cm³/mol. The van der Waals surface area contributed by atoms with E-state index in [2.05, 4.69) is 45.6 Å². The highest BCUT2D eigenvalue weighted by molar-refractivity contribution is 14.0. The summed E-state index contributed by atoms with van der Waals surface area (Å²) < 4.78 is 11.4. The minimum absolute atomic E-state index is 0. The maximum Gasteiger partial charge on any atom is 0.191 e. The van der Waals surface area contributed by atoms with Crippen molar-refractivity contribution in [2.45, 2.75) is 57.7 Å². The maximum atomic E-state index is 6.00. The van der Waals surface area contributed by atoms with E-state index < -0.39 is 0 Å². The van der Waals surface area contributed by atoms with E-state index in [1.165, 1.54) is 44.2 Å². The van der Waals surface area contributed by atoms with Gasteiger partial charge >= 0.3 is 0 Å². The van der Waals surface area contributed by atoms with Gasteiger partial charge in [0.25, 0.3) is 0 Å². The first-order valence-corrected chi connectivity index (χ1v) is 12.6. The summed E-state index contributed by atoms with van der Waals surface area (Å²) in [5.74, 6) is 1.84. The van der Waals surface area contributed by atoms with Crippen LogP contribution in [0.4, 0.5) is 0 Å². The number of nitrogens with one attached hydrogen (secondary N) is 2. The molecule has 3 aliphatic rings. The third-order valence-electron chi connectivity index (χ3n) is 6.84. The van der Waals surface area contributed by atoms with Gasteiger partial charge in [-0.3, -0.25) is 9.80 Å². The quantitative estimate of drug-likeness (QED) is 0.270. The van der Waals surface area contributed by atoms with Crippen molar-refractivity contribution < 1.29 is 9.47 Å². The van der Waals surface area contributed by atoms with Gasteiger partial charge in [0, 0.05) is 51.4 Å². The SMILES string of the molecule is CCNC(=NCc1cccc(OCCN2CCOCC2)c1)NC1CCN(C2CCCC2)C1.I. The van der Waals surface area contributed by atoms with E-state index in [9.17, 15) is 0 Å². The van der Waals surface area contributed by atoms with E-state index in [0.29, 0.717) is 19.2 Å². The van der Waals surface area contributed by atoms with Crippen molar-refractivity contribution in [1.82, 2.24) is 20.4 Å². The number of nitrogens with zero attached hydrogens (tertiary/aromatic N) is 3. The summed E-state index contributed by atoms with van der Waals surface area (Å²) in [5, 5.41) is 7.10. The predicted octanol–water partition coefficient (Wildman–Crippen LogP) is 3.09. The Kier molecular flexibility index (Phi) is 11.5. The van der Waals surface area contributed by atoms with E-state index >= 15 is 0 Å². The molecular weight excluding hydrogens is 529 g/mol. The number of ether oxygens (including phenoxy) is 2. The number of guanidine groups is 1. The molecule has 7 nitrogen and oxygen atoms in total. The van der Waals surface area contributed by atoms with Crippen LogP contribution in [0, 0.1) is 0 Å². The Balaban J connectivity index is 0.00000306. The second-order valence-corrected chi connectivity index (χ2v) is 9.21. The average Bonchev–Trinajstić information content (AvgIpc) is 3.51. The van der Waals surface area contributed by atoms with Crippen LogP contribution in [0.25, 0.3) is 0 Å². The molecule has 1 aromatic carbocycles. The number of hydrogen-bond donors (Lipinski definition) is 2. The molecule has 0 spiro atoms. The van der Waals surface area contributed by atoms with Crippen LogP contribution in [0.5, 0.6) is 5.75 Å². The summed E-state index contributed by atoms with van der Waals surface area (Å²) in [7, 11) is 0. The van der Waals surface area contributed by atoms with Crippen molar-refractivity contribution in [2.24, 2.45) is 4.99 Å². The summed E-state index contributed by atoms with van der Waals surface area (Å²) in [6, 6.07) is 9.64. The third kappa shape index (κ3) is 8.56. The van der Waals surface area contributed by atoms with Gasteiger partial charge in [-0.1, -0.05) is 25.0 Å². The molecule has 1 aliphatic carbocycles. The number of likely N-dealkylation sites (tertiary alicyclic amines) is 1. The van der Waals surface area contributed by atoms with Gasteiger partial charge in [0.05, 0.1) is 19.8 Å². The Labute approximate surface area is 216 Å². The molecule has 1 saturated carbocycles. The molecular formula is C25H42IN5O2. The van der Waals surface area contributed by atoms with Crippen molar-refractivity contribution in [1.29, 1.82) is 0 Å². The molecule has 0 radical (unpaired) electrons. The van der Waals surface area contributed by atoms with E-state index in [1.54, 1.807) is 0 Å². The van der Waals surface area contributed by atoms with Gasteiger partial charge in [0.2, 0.25) is 0 Å². The van der Waals surface area contributed by atoms with E-state index in [-0.39, 0.29) is 24.0 Å². The van der Waals surface area contributed by atoms with Gasteiger partial charge in [0.15, 0.2) is 5.96 Å². The molecule has 2 aliphatic heterocycles. The molecule has 1 aromatic rings. The monoisotopic (exact) mass is 571 g/mol. The van der Waals surface area contributed by atoms with Gasteiger partial charge in [-0.25, -0.2) is 4.99 Å². The number of aliphatic imine (C=N–C) groups is 1. The molecule has 0 amide bonds. The van der Waals surface area contributed by atoms with Crippen molar-refractivity contribution in [3.8, 4) is 5.75 Å². The van der Waals surface area contributed by atoms with Crippen LogP contribution < -0.4 is 15.4 Å². The third-order valence-corrected chi connectivity index (χ3v) is 6.84. The normalized spacial score (nSPS) is 22.8. The summed E-state index contributed by atoms with van der Waals surface area (Å²) in [6.45, 7) is 11.3. The fraction of sp³-hybridized carbons (Fsp3) is 0.720. The van der Waals surface area contributed by atoms with Crippen molar-refractivity contribution in [2.75, 3.05) is 59.1 Å². The maximum absolute atomic E-state index is 6.00. The van der Waals surface area contributed by atoms with E-state index in [1.807, 2.05) is 6.07 Å². The van der Waals surface area contributed by atoms with Crippen LogP contribution >= 0.6 is 24.0 Å². The van der Waals surface area contributed by atoms with Crippen LogP contribution in [0.3, 0.4) is 0 Å². The molecule has 0 bridgehead atoms. The average molecular weight is 572 g/mol. The van der Waals surface area contributed by atoms with Crippen LogP contribution in [0.1, 0.15) is 44.6 Å². The van der Waals surface area contributed by atoms with Crippen LogP contribution in [-0.2, 0) is 11.3 Å². The molecule has 33 heavy (non-hydrogen) atoms. The number of hydrogen-bond acceptors (Lipinski definition) is 5. The highest BCUT2D eigenvalue weighted by Crippen LogP contribution is 2.26. The van der Waals surface area contributed by atoms with Gasteiger partial charge in [0.1, 0.15) is 12.4 Å². The smallest absolute Gasteiger partial charge is 0.191 e. The lowest BCUT2D eigenvalue weighted by molar-refractivity contribution is 0.0322. The summed E-state index contributed by atoms with van der Waals surface area (Å²) in [5.41, 5.74) is 1.17. The lowest BCUT2D eigenvalue weighted by Gasteiger charge is -2.26. The molecule has 186 valence electrons. The summed E-state index contributed by atoms with van der Waals surface area (Å²) >= 11 is 0. The molecule has 2 saturated heterocycles. The molecule has 3 fully saturated rings. The molecule has 8 heteroatoms. The summed E-state index contributed by atoms with van der Waals surface area (Å²) in [4.78, 5) is 9.94. The molecule has 1 atom stereocenters. The molecule has 2 heterocycles. The lowest BCUT2D eigenvalue weighted by Crippen LogP contribution is -2.45. The Morgan fingerprint density at radius 3 is 2.76 bits per heavy atom. The van der Waals surface area contributed by atoms with Crippen LogP contribution in [0.2, 0.25) is 0 Å². The van der Waals surface area contributed by atoms with Crippen LogP contribution in [0.15, 0.2) is 29.3 Å². The highest BCUT2D eigenvalue weighted by Gasteiger charge is 2.30. The fourth-order valence-electron chi connectivity index (χ4n) is 5.04. The van der Waals surface area contributed by atoms with Crippen molar-refractivity contribution in [3.05, 3.63) is 29.8 Å². The molecule has 0 aromatic heterocycles. The zero-order valence-corrected chi connectivity index (χ0v) is 22.5. The summed E-state index contributed by atoms with van der Waals surface area (Å²) in [6.07, 6.45) is 6.77. The van der Waals surface area contributed by atoms with Gasteiger partial charge in [-0.05, 0) is 43.9 Å². The van der Waals surface area contributed by atoms with Gasteiger partial charge in [-0.15, -0.1) is 24.0 Å². The lowest BCUT2D eigenvalue weighted by atomic mass is 10.2. The van der Waals surface area contributed by atoms with Crippen LogP contribution in [-0.4, -0.2) is 86.9 Å². The number of benzene rings is 1. The second kappa shape index (κ2) is 14.3. The number of morpholine rings is 1. The Morgan fingerprint density at radius 1 is 1.15 bits per heavy atom. The largest absolute Gasteiger partial charge is 0.492 e. The highest BCUT2D eigenvalue weighted by atomic mass is 127. The Morgan fingerprint density at radius 2 is 1.97 bits per heavy atom. The first-order valence-electron chi connectivity index (χ1n) is 12.6. The van der Waals surface area contributed by atoms with Crippen molar-refractivity contribution >= 4 is 29.9 Å². The Bertz CT molecular complexity index is 723. The first-order chi connectivity index (χ1) is 15.8. The van der Waals surface area contributed by atoms with Crippen molar-refractivity contribution in [3.63, 3.8) is 0 Å². The topological polar surface area (TPSA) is 61.4 Å². The fourth-order valence-corrected chi connectivity index (χ4v) is 5.04. The second-order valence-electron chi connectivity index (χ2n) is 9.21. The van der Waals surface area contributed by atoms with E-state index in [4.69, 9.17) is 14.5 Å². The zero-order chi connectivity index (χ0) is 22.0.